The highest BCUT2D eigenvalue weighted by Crippen LogP contribution is 2.17. The molecule has 112 valence electrons. The van der Waals surface area contributed by atoms with Crippen LogP contribution in [0.4, 0.5) is 5.69 Å². The average molecular weight is 278 g/mol. The summed E-state index contributed by atoms with van der Waals surface area (Å²) in [7, 11) is 0. The van der Waals surface area contributed by atoms with Gasteiger partial charge in [0.25, 0.3) is 0 Å². The normalized spacial score (nSPS) is 12.2. The molecule has 0 saturated carbocycles. The van der Waals surface area contributed by atoms with Crippen LogP contribution in [-0.4, -0.2) is 36.5 Å². The number of hydrogen-bond acceptors (Lipinski definition) is 3. The van der Waals surface area contributed by atoms with Gasteiger partial charge in [-0.25, -0.2) is 0 Å². The number of likely N-dealkylation sites (N-methyl/N-ethyl adjacent to an activating group) is 1. The molecule has 1 N–H and O–H groups in total. The van der Waals surface area contributed by atoms with Gasteiger partial charge in [-0.2, -0.15) is 0 Å². The molecular weight excluding hydrogens is 252 g/mol. The maximum atomic E-state index is 11.9. The van der Waals surface area contributed by atoms with Gasteiger partial charge in [-0.05, 0) is 50.7 Å². The molecule has 0 heterocycles. The molecule has 4 nitrogen and oxygen atoms in total. The number of carbonyl (C=O) groups is 1. The highest BCUT2D eigenvalue weighted by atomic mass is 16.5. The van der Waals surface area contributed by atoms with Crippen LogP contribution in [0.15, 0.2) is 24.3 Å². The summed E-state index contributed by atoms with van der Waals surface area (Å²) in [6.07, 6.45) is 1.18. The van der Waals surface area contributed by atoms with Crippen LogP contribution in [0.1, 0.15) is 34.1 Å². The van der Waals surface area contributed by atoms with E-state index in [1.54, 1.807) is 0 Å². The van der Waals surface area contributed by atoms with Crippen LogP contribution in [0.3, 0.4) is 0 Å². The number of ether oxygens (including phenoxy) is 1. The smallest absolute Gasteiger partial charge is 0.238 e. The first-order chi connectivity index (χ1) is 9.58. The van der Waals surface area contributed by atoms with Crippen molar-refractivity contribution in [1.82, 2.24) is 4.90 Å². The van der Waals surface area contributed by atoms with Crippen molar-refractivity contribution in [2.45, 2.75) is 40.2 Å². The molecule has 0 spiro atoms. The minimum absolute atomic E-state index is 0.0179. The van der Waals surface area contributed by atoms with Crippen molar-refractivity contribution in [3.8, 4) is 5.75 Å². The predicted octanol–water partition coefficient (Wildman–Crippen LogP) is 3.14. The number of rotatable bonds is 8. The Balaban J connectivity index is 2.50. The van der Waals surface area contributed by atoms with Crippen molar-refractivity contribution in [2.24, 2.45) is 0 Å². The Morgan fingerprint density at radius 2 is 1.80 bits per heavy atom. The van der Waals surface area contributed by atoms with Gasteiger partial charge in [-0.1, -0.05) is 20.8 Å². The zero-order valence-electron chi connectivity index (χ0n) is 13.0. The lowest BCUT2D eigenvalue weighted by atomic mass is 10.2. The summed E-state index contributed by atoms with van der Waals surface area (Å²) in [5, 5.41) is 2.90. The van der Waals surface area contributed by atoms with Gasteiger partial charge < -0.3 is 10.1 Å². The molecule has 0 aromatic heterocycles. The maximum Gasteiger partial charge on any atom is 0.238 e. The minimum Gasteiger partial charge on any atom is -0.491 e. The number of hydrogen-bond donors (Lipinski definition) is 1. The van der Waals surface area contributed by atoms with Gasteiger partial charge in [0.05, 0.1) is 12.6 Å². The lowest BCUT2D eigenvalue weighted by molar-refractivity contribution is -0.117. The Bertz CT molecular complexity index is 399. The first kappa shape index (κ1) is 16.5. The van der Waals surface area contributed by atoms with Crippen LogP contribution in [0.5, 0.6) is 5.75 Å². The fourth-order valence-electron chi connectivity index (χ4n) is 1.78. The second-order valence-electron chi connectivity index (χ2n) is 4.87. The van der Waals surface area contributed by atoms with Gasteiger partial charge in [0, 0.05) is 5.69 Å². The summed E-state index contributed by atoms with van der Waals surface area (Å²) in [5.41, 5.74) is 0.804. The summed E-state index contributed by atoms with van der Waals surface area (Å²) in [6.45, 7) is 10.4. The van der Waals surface area contributed by atoms with Crippen molar-refractivity contribution >= 4 is 11.6 Å². The fraction of sp³-hybridized carbons (Fsp3) is 0.562. The molecule has 0 aliphatic heterocycles. The van der Waals surface area contributed by atoms with Crippen LogP contribution >= 0.6 is 0 Å². The van der Waals surface area contributed by atoms with E-state index in [1.165, 1.54) is 0 Å². The molecule has 1 amide bonds. The highest BCUT2D eigenvalue weighted by molar-refractivity contribution is 5.92. The summed E-state index contributed by atoms with van der Waals surface area (Å²) in [6, 6.07) is 7.52. The van der Waals surface area contributed by atoms with Gasteiger partial charge in [0.15, 0.2) is 0 Å². The quantitative estimate of drug-likeness (QED) is 0.794. The van der Waals surface area contributed by atoms with Crippen molar-refractivity contribution in [2.75, 3.05) is 25.0 Å². The van der Waals surface area contributed by atoms with Gasteiger partial charge in [-0.15, -0.1) is 0 Å². The molecule has 1 atom stereocenters. The van der Waals surface area contributed by atoms with Crippen LogP contribution in [0.2, 0.25) is 0 Å². The van der Waals surface area contributed by atoms with Crippen LogP contribution in [0.25, 0.3) is 0 Å². The van der Waals surface area contributed by atoms with Gasteiger partial charge in [0.1, 0.15) is 5.75 Å². The van der Waals surface area contributed by atoms with E-state index in [4.69, 9.17) is 4.74 Å². The van der Waals surface area contributed by atoms with E-state index >= 15 is 0 Å². The van der Waals surface area contributed by atoms with E-state index < -0.39 is 0 Å². The molecule has 0 fully saturated rings. The predicted molar refractivity (Wildman–Crippen MR) is 83.2 cm³/mol. The van der Waals surface area contributed by atoms with E-state index in [-0.39, 0.29) is 12.0 Å². The SMILES string of the molecule is CCC(C)Oc1ccc(NC(=O)CN(CC)CC)cc1. The first-order valence-electron chi connectivity index (χ1n) is 7.37. The molecule has 1 aromatic rings. The number of nitrogens with one attached hydrogen (secondary N) is 1. The fourth-order valence-corrected chi connectivity index (χ4v) is 1.78. The van der Waals surface area contributed by atoms with E-state index in [1.807, 2.05) is 31.2 Å². The standard InChI is InChI=1S/C16H26N2O2/c1-5-13(4)20-15-10-8-14(9-11-15)17-16(19)12-18(6-2)7-3/h8-11,13H,5-7,12H2,1-4H3,(H,17,19). The Morgan fingerprint density at radius 3 is 2.30 bits per heavy atom. The Hall–Kier alpha value is -1.55. The topological polar surface area (TPSA) is 41.6 Å². The van der Waals surface area contributed by atoms with E-state index in [9.17, 15) is 4.79 Å². The lowest BCUT2D eigenvalue weighted by Gasteiger charge is -2.17. The van der Waals surface area contributed by atoms with Gasteiger partial charge in [-0.3, -0.25) is 9.69 Å². The maximum absolute atomic E-state index is 11.9. The van der Waals surface area contributed by atoms with Crippen LogP contribution in [-0.2, 0) is 4.79 Å². The molecule has 1 unspecified atom stereocenters. The molecule has 0 saturated heterocycles. The molecule has 1 aromatic carbocycles. The zero-order valence-corrected chi connectivity index (χ0v) is 13.0. The molecule has 0 aliphatic carbocycles. The highest BCUT2D eigenvalue weighted by Gasteiger charge is 2.07. The monoisotopic (exact) mass is 278 g/mol. The minimum atomic E-state index is 0.0179. The first-order valence-corrected chi connectivity index (χ1v) is 7.37. The van der Waals surface area contributed by atoms with Crippen molar-refractivity contribution in [1.29, 1.82) is 0 Å². The third kappa shape index (κ3) is 5.61. The molecular formula is C16H26N2O2. The van der Waals surface area contributed by atoms with Crippen LogP contribution in [0, 0.1) is 0 Å². The number of benzene rings is 1. The van der Waals surface area contributed by atoms with E-state index in [2.05, 4.69) is 31.0 Å². The third-order valence-electron chi connectivity index (χ3n) is 3.31. The molecule has 20 heavy (non-hydrogen) atoms. The second-order valence-corrected chi connectivity index (χ2v) is 4.87. The van der Waals surface area contributed by atoms with Crippen molar-refractivity contribution in [3.63, 3.8) is 0 Å². The zero-order chi connectivity index (χ0) is 15.0. The summed E-state index contributed by atoms with van der Waals surface area (Å²) in [4.78, 5) is 13.9. The largest absolute Gasteiger partial charge is 0.491 e. The Morgan fingerprint density at radius 1 is 1.20 bits per heavy atom. The number of amides is 1. The average Bonchev–Trinajstić information content (AvgIpc) is 2.46. The second kappa shape index (κ2) is 8.59. The number of nitrogens with zero attached hydrogens (tertiary/aromatic N) is 1. The number of anilines is 1. The molecule has 0 radical (unpaired) electrons. The summed E-state index contributed by atoms with van der Waals surface area (Å²) >= 11 is 0. The van der Waals surface area contributed by atoms with Gasteiger partial charge in [0.2, 0.25) is 5.91 Å². The molecule has 1 rings (SSSR count). The van der Waals surface area contributed by atoms with Crippen molar-refractivity contribution < 1.29 is 9.53 Å². The Labute approximate surface area is 122 Å². The summed E-state index contributed by atoms with van der Waals surface area (Å²) in [5.74, 6) is 0.852. The van der Waals surface area contributed by atoms with Crippen molar-refractivity contribution in [3.05, 3.63) is 24.3 Å². The van der Waals surface area contributed by atoms with Gasteiger partial charge >= 0.3 is 0 Å². The molecule has 0 aliphatic rings. The molecule has 4 heteroatoms. The molecule has 0 bridgehead atoms. The van der Waals surface area contributed by atoms with E-state index in [0.29, 0.717) is 6.54 Å². The lowest BCUT2D eigenvalue weighted by Crippen LogP contribution is -2.32. The third-order valence-corrected chi connectivity index (χ3v) is 3.31. The van der Waals surface area contributed by atoms with Crippen LogP contribution < -0.4 is 10.1 Å². The Kier molecular flexibility index (Phi) is 7.09. The summed E-state index contributed by atoms with van der Waals surface area (Å²) < 4.78 is 5.70. The van der Waals surface area contributed by atoms with E-state index in [0.717, 1.165) is 30.9 Å². The number of carbonyl (C=O) groups excluding carboxylic acids is 1.